The van der Waals surface area contributed by atoms with E-state index in [1.165, 1.54) is 6.07 Å². The maximum atomic E-state index is 11.3. The molecule has 3 aromatic rings. The monoisotopic (exact) mass is 251 g/mol. The van der Waals surface area contributed by atoms with E-state index in [9.17, 15) is 9.90 Å². The number of carbonyl (C=O) groups is 1. The van der Waals surface area contributed by atoms with Gasteiger partial charge < -0.3 is 5.11 Å². The van der Waals surface area contributed by atoms with Crippen molar-refractivity contribution in [1.82, 2.24) is 15.0 Å². The molecule has 0 unspecified atom stereocenters. The molecule has 0 atom stereocenters. The number of benzene rings is 1. The summed E-state index contributed by atoms with van der Waals surface area (Å²) in [6.07, 6.45) is 4.66. The van der Waals surface area contributed by atoms with Crippen LogP contribution in [0.15, 0.2) is 48.9 Å². The SMILES string of the molecule is O=C(O)c1cc(-c2cnccn2)nc2ccccc12. The Hall–Kier alpha value is -2.82. The topological polar surface area (TPSA) is 76.0 Å². The Kier molecular flexibility index (Phi) is 2.64. The maximum absolute atomic E-state index is 11.3. The van der Waals surface area contributed by atoms with Crippen LogP contribution in [0.2, 0.25) is 0 Å². The Labute approximate surface area is 108 Å². The van der Waals surface area contributed by atoms with Crippen molar-refractivity contribution >= 4 is 16.9 Å². The summed E-state index contributed by atoms with van der Waals surface area (Å²) in [5.41, 5.74) is 1.90. The van der Waals surface area contributed by atoms with Gasteiger partial charge >= 0.3 is 5.97 Å². The summed E-state index contributed by atoms with van der Waals surface area (Å²) in [6.45, 7) is 0. The van der Waals surface area contributed by atoms with Crippen LogP contribution in [0.4, 0.5) is 0 Å². The van der Waals surface area contributed by atoms with Gasteiger partial charge in [0.1, 0.15) is 5.69 Å². The maximum Gasteiger partial charge on any atom is 0.336 e. The fourth-order valence-corrected chi connectivity index (χ4v) is 1.91. The van der Waals surface area contributed by atoms with Crippen molar-refractivity contribution in [3.05, 3.63) is 54.5 Å². The first kappa shape index (κ1) is 11.3. The molecule has 0 amide bonds. The highest BCUT2D eigenvalue weighted by Gasteiger charge is 2.12. The number of hydrogen-bond donors (Lipinski definition) is 1. The highest BCUT2D eigenvalue weighted by atomic mass is 16.4. The number of pyridine rings is 1. The van der Waals surface area contributed by atoms with Crippen LogP contribution >= 0.6 is 0 Å². The minimum Gasteiger partial charge on any atom is -0.478 e. The Balaban J connectivity index is 2.31. The molecule has 2 heterocycles. The standard InChI is InChI=1S/C14H9N3O2/c18-14(19)10-7-12(13-8-15-5-6-16-13)17-11-4-2-1-3-9(10)11/h1-8H,(H,18,19). The Morgan fingerprint density at radius 2 is 1.95 bits per heavy atom. The molecule has 0 bridgehead atoms. The predicted octanol–water partition coefficient (Wildman–Crippen LogP) is 2.39. The van der Waals surface area contributed by atoms with E-state index < -0.39 is 5.97 Å². The Bertz CT molecular complexity index is 757. The van der Waals surface area contributed by atoms with Gasteiger partial charge in [0.2, 0.25) is 0 Å². The average Bonchev–Trinajstić information content (AvgIpc) is 2.47. The molecular weight excluding hydrogens is 242 g/mol. The lowest BCUT2D eigenvalue weighted by molar-refractivity contribution is 0.0699. The molecule has 0 aliphatic heterocycles. The van der Waals surface area contributed by atoms with Crippen molar-refractivity contribution in [2.45, 2.75) is 0 Å². The molecule has 0 radical (unpaired) electrons. The minimum atomic E-state index is -0.983. The van der Waals surface area contributed by atoms with Gasteiger partial charge in [-0.05, 0) is 12.1 Å². The summed E-state index contributed by atoms with van der Waals surface area (Å²) < 4.78 is 0. The zero-order valence-corrected chi connectivity index (χ0v) is 9.82. The fraction of sp³-hybridized carbons (Fsp3) is 0. The normalized spacial score (nSPS) is 10.5. The molecule has 0 aliphatic carbocycles. The molecule has 1 N–H and O–H groups in total. The molecule has 2 aromatic heterocycles. The molecular formula is C14H9N3O2. The third-order valence-electron chi connectivity index (χ3n) is 2.77. The smallest absolute Gasteiger partial charge is 0.336 e. The number of fused-ring (bicyclic) bond motifs is 1. The molecule has 3 rings (SSSR count). The lowest BCUT2D eigenvalue weighted by Crippen LogP contribution is -2.00. The van der Waals surface area contributed by atoms with E-state index in [1.54, 1.807) is 36.8 Å². The van der Waals surface area contributed by atoms with Gasteiger partial charge in [0.05, 0.1) is 23.0 Å². The zero-order valence-electron chi connectivity index (χ0n) is 9.82. The fourth-order valence-electron chi connectivity index (χ4n) is 1.91. The van der Waals surface area contributed by atoms with Crippen molar-refractivity contribution in [3.8, 4) is 11.4 Å². The van der Waals surface area contributed by atoms with Gasteiger partial charge in [-0.25, -0.2) is 9.78 Å². The van der Waals surface area contributed by atoms with Crippen LogP contribution in [-0.4, -0.2) is 26.0 Å². The Morgan fingerprint density at radius 1 is 1.11 bits per heavy atom. The molecule has 92 valence electrons. The van der Waals surface area contributed by atoms with Crippen LogP contribution < -0.4 is 0 Å². The number of carboxylic acids is 1. The lowest BCUT2D eigenvalue weighted by atomic mass is 10.1. The van der Waals surface area contributed by atoms with Crippen LogP contribution in [0.25, 0.3) is 22.3 Å². The second-order valence-electron chi connectivity index (χ2n) is 3.97. The number of rotatable bonds is 2. The first-order valence-corrected chi connectivity index (χ1v) is 5.65. The van der Waals surface area contributed by atoms with Gasteiger partial charge in [-0.15, -0.1) is 0 Å². The molecule has 1 aromatic carbocycles. The van der Waals surface area contributed by atoms with E-state index >= 15 is 0 Å². The van der Waals surface area contributed by atoms with E-state index in [1.807, 2.05) is 6.07 Å². The van der Waals surface area contributed by atoms with Gasteiger partial charge in [-0.3, -0.25) is 9.97 Å². The van der Waals surface area contributed by atoms with Gasteiger partial charge in [0, 0.05) is 17.8 Å². The highest BCUT2D eigenvalue weighted by Crippen LogP contribution is 2.23. The molecule has 0 saturated heterocycles. The summed E-state index contributed by atoms with van der Waals surface area (Å²) in [4.78, 5) is 23.9. The molecule has 19 heavy (non-hydrogen) atoms. The van der Waals surface area contributed by atoms with Crippen molar-refractivity contribution in [2.75, 3.05) is 0 Å². The van der Waals surface area contributed by atoms with E-state index in [0.29, 0.717) is 22.3 Å². The predicted molar refractivity (Wildman–Crippen MR) is 69.7 cm³/mol. The summed E-state index contributed by atoms with van der Waals surface area (Å²) in [5.74, 6) is -0.983. The molecule has 0 spiro atoms. The van der Waals surface area contributed by atoms with E-state index in [2.05, 4.69) is 15.0 Å². The van der Waals surface area contributed by atoms with Crippen LogP contribution in [0.5, 0.6) is 0 Å². The summed E-state index contributed by atoms with van der Waals surface area (Å²) in [5, 5.41) is 9.90. The summed E-state index contributed by atoms with van der Waals surface area (Å²) in [7, 11) is 0. The number of aromatic carboxylic acids is 1. The van der Waals surface area contributed by atoms with Crippen molar-refractivity contribution in [2.24, 2.45) is 0 Å². The van der Waals surface area contributed by atoms with Crippen molar-refractivity contribution in [1.29, 1.82) is 0 Å². The van der Waals surface area contributed by atoms with Crippen molar-refractivity contribution < 1.29 is 9.90 Å². The van der Waals surface area contributed by atoms with Crippen molar-refractivity contribution in [3.63, 3.8) is 0 Å². The minimum absolute atomic E-state index is 0.214. The highest BCUT2D eigenvalue weighted by molar-refractivity contribution is 6.03. The second kappa shape index (κ2) is 4.45. The quantitative estimate of drug-likeness (QED) is 0.756. The summed E-state index contributed by atoms with van der Waals surface area (Å²) >= 11 is 0. The van der Waals surface area contributed by atoms with Crippen LogP contribution in [-0.2, 0) is 0 Å². The van der Waals surface area contributed by atoms with E-state index in [4.69, 9.17) is 0 Å². The number of hydrogen-bond acceptors (Lipinski definition) is 4. The number of carboxylic acid groups (broad SMARTS) is 1. The van der Waals surface area contributed by atoms with Gasteiger partial charge in [0.15, 0.2) is 0 Å². The number of nitrogens with zero attached hydrogens (tertiary/aromatic N) is 3. The molecule has 0 fully saturated rings. The first-order chi connectivity index (χ1) is 9.25. The Morgan fingerprint density at radius 3 is 2.68 bits per heavy atom. The van der Waals surface area contributed by atoms with Gasteiger partial charge in [0.25, 0.3) is 0 Å². The van der Waals surface area contributed by atoms with E-state index in [-0.39, 0.29) is 5.56 Å². The molecule has 5 heteroatoms. The number of para-hydroxylation sites is 1. The van der Waals surface area contributed by atoms with Crippen LogP contribution in [0.3, 0.4) is 0 Å². The second-order valence-corrected chi connectivity index (χ2v) is 3.97. The lowest BCUT2D eigenvalue weighted by Gasteiger charge is -2.05. The average molecular weight is 251 g/mol. The third-order valence-corrected chi connectivity index (χ3v) is 2.77. The number of aromatic nitrogens is 3. The largest absolute Gasteiger partial charge is 0.478 e. The molecule has 0 aliphatic rings. The van der Waals surface area contributed by atoms with Crippen LogP contribution in [0.1, 0.15) is 10.4 Å². The zero-order chi connectivity index (χ0) is 13.2. The molecule has 5 nitrogen and oxygen atoms in total. The van der Waals surface area contributed by atoms with Gasteiger partial charge in [-0.1, -0.05) is 18.2 Å². The first-order valence-electron chi connectivity index (χ1n) is 5.65. The van der Waals surface area contributed by atoms with E-state index in [0.717, 1.165) is 0 Å². The third kappa shape index (κ3) is 2.01. The van der Waals surface area contributed by atoms with Crippen LogP contribution in [0, 0.1) is 0 Å². The van der Waals surface area contributed by atoms with Gasteiger partial charge in [-0.2, -0.15) is 0 Å². The molecule has 0 saturated carbocycles. The summed E-state index contributed by atoms with van der Waals surface area (Å²) in [6, 6.07) is 8.66.